The number of aromatic nitrogens is 1. The Morgan fingerprint density at radius 2 is 2.26 bits per heavy atom. The summed E-state index contributed by atoms with van der Waals surface area (Å²) in [6, 6.07) is 4.39. The van der Waals surface area contributed by atoms with Crippen molar-refractivity contribution in [2.45, 2.75) is 31.3 Å². The third-order valence-corrected chi connectivity index (χ3v) is 3.78. The number of nitrogens with zero attached hydrogens (tertiary/aromatic N) is 2. The highest BCUT2D eigenvalue weighted by Crippen LogP contribution is 2.29. The van der Waals surface area contributed by atoms with Crippen molar-refractivity contribution in [3.63, 3.8) is 0 Å². The van der Waals surface area contributed by atoms with Gasteiger partial charge in [0.25, 0.3) is 5.91 Å². The molecular formula is C13H19N5O. The van der Waals surface area contributed by atoms with Gasteiger partial charge in [0.2, 0.25) is 0 Å². The fourth-order valence-electron chi connectivity index (χ4n) is 2.58. The van der Waals surface area contributed by atoms with Crippen LogP contribution in [0.15, 0.2) is 18.3 Å². The lowest BCUT2D eigenvalue weighted by Crippen LogP contribution is -2.37. The van der Waals surface area contributed by atoms with E-state index >= 15 is 0 Å². The molecule has 0 aromatic carbocycles. The molecule has 1 aliphatic carbocycles. The van der Waals surface area contributed by atoms with E-state index in [2.05, 4.69) is 20.6 Å². The van der Waals surface area contributed by atoms with E-state index in [1.165, 1.54) is 12.8 Å². The highest BCUT2D eigenvalue weighted by molar-refractivity contribution is 5.93. The summed E-state index contributed by atoms with van der Waals surface area (Å²) >= 11 is 0. The number of pyridine rings is 1. The topological polar surface area (TPSA) is 83.3 Å². The number of nitrogens with one attached hydrogen (secondary N) is 2. The molecule has 6 nitrogen and oxygen atoms in total. The van der Waals surface area contributed by atoms with Crippen molar-refractivity contribution in [3.05, 3.63) is 24.0 Å². The predicted octanol–water partition coefficient (Wildman–Crippen LogP) is 0.334. The minimum Gasteiger partial charge on any atom is -0.347 e. The number of amides is 1. The van der Waals surface area contributed by atoms with Gasteiger partial charge in [-0.1, -0.05) is 0 Å². The van der Waals surface area contributed by atoms with Gasteiger partial charge in [0.05, 0.1) is 5.69 Å². The quantitative estimate of drug-likeness (QED) is 0.537. The van der Waals surface area contributed by atoms with Crippen molar-refractivity contribution in [2.24, 2.45) is 5.84 Å². The zero-order chi connectivity index (χ0) is 13.2. The molecule has 1 aromatic rings. The molecule has 0 bridgehead atoms. The summed E-state index contributed by atoms with van der Waals surface area (Å²) in [5.41, 5.74) is 3.61. The maximum Gasteiger partial charge on any atom is 0.270 e. The van der Waals surface area contributed by atoms with Gasteiger partial charge in [0.15, 0.2) is 0 Å². The van der Waals surface area contributed by atoms with Crippen molar-refractivity contribution >= 4 is 11.6 Å². The second-order valence-electron chi connectivity index (χ2n) is 5.26. The molecule has 1 unspecified atom stereocenters. The van der Waals surface area contributed by atoms with E-state index in [0.29, 0.717) is 11.4 Å². The summed E-state index contributed by atoms with van der Waals surface area (Å²) in [5.74, 6) is 5.20. The number of carbonyl (C=O) groups excluding carboxylic acids is 1. The number of nitrogens with two attached hydrogens (primary N) is 1. The minimum atomic E-state index is -0.125. The first-order valence-corrected chi connectivity index (χ1v) is 6.74. The standard InChI is InChI=1S/C13H19N5O/c14-17-9-3-5-15-12(7-9)13(19)16-10-4-6-18(8-10)11-1-2-11/h3,5,7,10-11H,1-2,4,6,8,14H2,(H,15,17)(H,16,19). The molecule has 1 aliphatic heterocycles. The molecule has 102 valence electrons. The van der Waals surface area contributed by atoms with Crippen LogP contribution < -0.4 is 16.6 Å². The second-order valence-corrected chi connectivity index (χ2v) is 5.26. The van der Waals surface area contributed by atoms with E-state index in [9.17, 15) is 4.79 Å². The first-order chi connectivity index (χ1) is 9.26. The number of rotatable bonds is 4. The lowest BCUT2D eigenvalue weighted by molar-refractivity contribution is 0.0932. The summed E-state index contributed by atoms with van der Waals surface area (Å²) in [5, 5.41) is 3.05. The van der Waals surface area contributed by atoms with Crippen molar-refractivity contribution in [2.75, 3.05) is 18.5 Å². The second kappa shape index (κ2) is 5.14. The molecule has 1 aromatic heterocycles. The molecule has 0 spiro atoms. The van der Waals surface area contributed by atoms with E-state index in [1.54, 1.807) is 18.3 Å². The molecule has 2 aliphatic rings. The third-order valence-electron chi connectivity index (χ3n) is 3.78. The fourth-order valence-corrected chi connectivity index (χ4v) is 2.58. The monoisotopic (exact) mass is 261 g/mol. The number of hydrazine groups is 1. The molecule has 1 saturated carbocycles. The van der Waals surface area contributed by atoms with Crippen LogP contribution in [-0.2, 0) is 0 Å². The molecule has 1 atom stereocenters. The van der Waals surface area contributed by atoms with Gasteiger partial charge in [-0.2, -0.15) is 0 Å². The zero-order valence-electron chi connectivity index (χ0n) is 10.8. The number of hydrogen-bond acceptors (Lipinski definition) is 5. The normalized spacial score (nSPS) is 23.3. The Balaban J connectivity index is 1.58. The SMILES string of the molecule is NNc1ccnc(C(=O)NC2CCN(C3CC3)C2)c1. The summed E-state index contributed by atoms with van der Waals surface area (Å²) in [6.45, 7) is 2.05. The van der Waals surface area contributed by atoms with Crippen molar-refractivity contribution in [1.29, 1.82) is 0 Å². The van der Waals surface area contributed by atoms with Crippen LogP contribution in [0.1, 0.15) is 29.8 Å². The Morgan fingerprint density at radius 1 is 1.42 bits per heavy atom. The molecule has 2 heterocycles. The average Bonchev–Trinajstić information content (AvgIpc) is 3.19. The summed E-state index contributed by atoms with van der Waals surface area (Å²) in [7, 11) is 0. The van der Waals surface area contributed by atoms with Crippen LogP contribution in [0.25, 0.3) is 0 Å². The molecule has 0 radical (unpaired) electrons. The minimum absolute atomic E-state index is 0.125. The van der Waals surface area contributed by atoms with Gasteiger partial charge < -0.3 is 10.7 Å². The summed E-state index contributed by atoms with van der Waals surface area (Å²) in [4.78, 5) is 18.6. The molecule has 2 fully saturated rings. The van der Waals surface area contributed by atoms with Crippen molar-refractivity contribution in [3.8, 4) is 0 Å². The molecule has 1 amide bonds. The Labute approximate surface area is 112 Å². The number of carbonyl (C=O) groups is 1. The number of anilines is 1. The molecule has 3 rings (SSSR count). The van der Waals surface area contributed by atoms with Crippen LogP contribution in [-0.4, -0.2) is 41.0 Å². The van der Waals surface area contributed by atoms with Gasteiger partial charge in [0, 0.05) is 31.4 Å². The maximum atomic E-state index is 12.1. The lowest BCUT2D eigenvalue weighted by atomic mass is 10.2. The lowest BCUT2D eigenvalue weighted by Gasteiger charge is -2.15. The van der Waals surface area contributed by atoms with Crippen molar-refractivity contribution in [1.82, 2.24) is 15.2 Å². The third kappa shape index (κ3) is 2.85. The molecular weight excluding hydrogens is 242 g/mol. The van der Waals surface area contributed by atoms with Crippen LogP contribution in [0.5, 0.6) is 0 Å². The van der Waals surface area contributed by atoms with E-state index < -0.39 is 0 Å². The Bertz CT molecular complexity index is 474. The van der Waals surface area contributed by atoms with Gasteiger partial charge in [-0.15, -0.1) is 0 Å². The number of likely N-dealkylation sites (tertiary alicyclic amines) is 1. The van der Waals surface area contributed by atoms with Gasteiger partial charge in [-0.05, 0) is 31.4 Å². The van der Waals surface area contributed by atoms with Gasteiger partial charge >= 0.3 is 0 Å². The van der Waals surface area contributed by atoms with E-state index in [0.717, 1.165) is 25.6 Å². The average molecular weight is 261 g/mol. The zero-order valence-corrected chi connectivity index (χ0v) is 10.8. The maximum absolute atomic E-state index is 12.1. The Morgan fingerprint density at radius 3 is 3.00 bits per heavy atom. The molecule has 1 saturated heterocycles. The fraction of sp³-hybridized carbons (Fsp3) is 0.538. The van der Waals surface area contributed by atoms with Crippen LogP contribution in [0.3, 0.4) is 0 Å². The smallest absolute Gasteiger partial charge is 0.270 e. The Hall–Kier alpha value is -1.66. The summed E-state index contributed by atoms with van der Waals surface area (Å²) < 4.78 is 0. The molecule has 19 heavy (non-hydrogen) atoms. The van der Waals surface area contributed by atoms with Crippen LogP contribution in [0.2, 0.25) is 0 Å². The van der Waals surface area contributed by atoms with Crippen molar-refractivity contribution < 1.29 is 4.79 Å². The number of hydrogen-bond donors (Lipinski definition) is 3. The van der Waals surface area contributed by atoms with E-state index in [4.69, 9.17) is 5.84 Å². The van der Waals surface area contributed by atoms with Crippen LogP contribution in [0, 0.1) is 0 Å². The predicted molar refractivity (Wildman–Crippen MR) is 72.5 cm³/mol. The molecule has 6 heteroatoms. The molecule has 4 N–H and O–H groups in total. The van der Waals surface area contributed by atoms with Gasteiger partial charge in [-0.3, -0.25) is 20.5 Å². The van der Waals surface area contributed by atoms with E-state index in [-0.39, 0.29) is 11.9 Å². The van der Waals surface area contributed by atoms with Crippen LogP contribution in [0.4, 0.5) is 5.69 Å². The Kier molecular flexibility index (Phi) is 3.35. The van der Waals surface area contributed by atoms with Gasteiger partial charge in [-0.25, -0.2) is 0 Å². The summed E-state index contributed by atoms with van der Waals surface area (Å²) in [6.07, 6.45) is 5.23. The highest BCUT2D eigenvalue weighted by Gasteiger charge is 2.34. The number of nitrogen functional groups attached to an aromatic ring is 1. The largest absolute Gasteiger partial charge is 0.347 e. The van der Waals surface area contributed by atoms with Crippen LogP contribution >= 0.6 is 0 Å². The highest BCUT2D eigenvalue weighted by atomic mass is 16.1. The van der Waals surface area contributed by atoms with Gasteiger partial charge in [0.1, 0.15) is 5.69 Å². The van der Waals surface area contributed by atoms with E-state index in [1.807, 2.05) is 0 Å². The first-order valence-electron chi connectivity index (χ1n) is 6.74. The first kappa shape index (κ1) is 12.4.